The van der Waals surface area contributed by atoms with Crippen molar-refractivity contribution in [1.82, 2.24) is 0 Å². The molecule has 0 fully saturated rings. The molecular formula is C14H22ClN. The van der Waals surface area contributed by atoms with Gasteiger partial charge in [0, 0.05) is 6.04 Å². The van der Waals surface area contributed by atoms with Gasteiger partial charge in [-0.05, 0) is 31.4 Å². The Kier molecular flexibility index (Phi) is 5.68. The molecule has 0 spiro atoms. The molecule has 0 radical (unpaired) electrons. The molecule has 2 heteroatoms. The van der Waals surface area contributed by atoms with Gasteiger partial charge in [-0.1, -0.05) is 50.4 Å². The van der Waals surface area contributed by atoms with Crippen LogP contribution in [0, 0.1) is 6.92 Å². The number of aryl methyl sites for hydroxylation is 1. The summed E-state index contributed by atoms with van der Waals surface area (Å²) in [7, 11) is 0. The first-order valence-corrected chi connectivity index (χ1v) is 6.58. The summed E-state index contributed by atoms with van der Waals surface area (Å²) in [6.07, 6.45) is 4.89. The lowest BCUT2D eigenvalue weighted by atomic mass is 10.1. The van der Waals surface area contributed by atoms with Crippen LogP contribution in [-0.2, 0) is 0 Å². The Morgan fingerprint density at radius 3 is 2.62 bits per heavy atom. The summed E-state index contributed by atoms with van der Waals surface area (Å²) >= 11 is 6.20. The highest BCUT2D eigenvalue weighted by molar-refractivity contribution is 6.33. The first-order chi connectivity index (χ1) is 7.69. The highest BCUT2D eigenvalue weighted by Crippen LogP contribution is 2.27. The smallest absolute Gasteiger partial charge is 0.0640 e. The zero-order valence-electron chi connectivity index (χ0n) is 10.5. The van der Waals surface area contributed by atoms with E-state index in [1.165, 1.54) is 24.8 Å². The standard InChI is InChI=1S/C14H22ClN/c1-4-6-9-12(5-2)16-14-11(3)8-7-10-13(14)15/h7-8,10,12,16H,4-6,9H2,1-3H3. The lowest BCUT2D eigenvalue weighted by Crippen LogP contribution is -2.19. The monoisotopic (exact) mass is 239 g/mol. The van der Waals surface area contributed by atoms with E-state index >= 15 is 0 Å². The lowest BCUT2D eigenvalue weighted by Gasteiger charge is -2.20. The molecule has 1 unspecified atom stereocenters. The summed E-state index contributed by atoms with van der Waals surface area (Å²) in [5, 5.41) is 4.40. The number of benzene rings is 1. The third-order valence-electron chi connectivity index (χ3n) is 2.97. The molecule has 1 rings (SSSR count). The number of unbranched alkanes of at least 4 members (excludes halogenated alkanes) is 1. The summed E-state index contributed by atoms with van der Waals surface area (Å²) in [5.41, 5.74) is 2.33. The molecule has 0 bridgehead atoms. The molecule has 16 heavy (non-hydrogen) atoms. The Balaban J connectivity index is 2.69. The summed E-state index contributed by atoms with van der Waals surface area (Å²) in [6.45, 7) is 6.55. The second-order valence-corrected chi connectivity index (χ2v) is 4.73. The van der Waals surface area contributed by atoms with E-state index in [-0.39, 0.29) is 0 Å². The van der Waals surface area contributed by atoms with E-state index in [2.05, 4.69) is 32.2 Å². The van der Waals surface area contributed by atoms with E-state index in [1.54, 1.807) is 0 Å². The molecule has 0 aromatic heterocycles. The van der Waals surface area contributed by atoms with Crippen molar-refractivity contribution in [3.05, 3.63) is 28.8 Å². The van der Waals surface area contributed by atoms with Gasteiger partial charge in [-0.2, -0.15) is 0 Å². The first kappa shape index (κ1) is 13.4. The zero-order valence-corrected chi connectivity index (χ0v) is 11.3. The molecule has 0 saturated heterocycles. The molecule has 1 N–H and O–H groups in total. The molecule has 1 aromatic carbocycles. The molecule has 1 atom stereocenters. The van der Waals surface area contributed by atoms with Crippen LogP contribution in [-0.4, -0.2) is 6.04 Å². The van der Waals surface area contributed by atoms with Crippen LogP contribution in [0.1, 0.15) is 45.1 Å². The topological polar surface area (TPSA) is 12.0 Å². The predicted molar refractivity (Wildman–Crippen MR) is 73.4 cm³/mol. The molecular weight excluding hydrogens is 218 g/mol. The van der Waals surface area contributed by atoms with Gasteiger partial charge < -0.3 is 5.32 Å². The summed E-state index contributed by atoms with van der Waals surface area (Å²) < 4.78 is 0. The van der Waals surface area contributed by atoms with Crippen LogP contribution in [0.3, 0.4) is 0 Å². The van der Waals surface area contributed by atoms with Gasteiger partial charge in [0.2, 0.25) is 0 Å². The van der Waals surface area contributed by atoms with Crippen molar-refractivity contribution in [2.45, 2.75) is 52.5 Å². The molecule has 0 saturated carbocycles. The molecule has 90 valence electrons. The zero-order chi connectivity index (χ0) is 12.0. The van der Waals surface area contributed by atoms with Crippen molar-refractivity contribution >= 4 is 17.3 Å². The van der Waals surface area contributed by atoms with Crippen LogP contribution in [0.15, 0.2) is 18.2 Å². The maximum atomic E-state index is 6.20. The maximum Gasteiger partial charge on any atom is 0.0640 e. The minimum atomic E-state index is 0.540. The minimum absolute atomic E-state index is 0.540. The van der Waals surface area contributed by atoms with Gasteiger partial charge in [0.25, 0.3) is 0 Å². The molecule has 0 heterocycles. The quantitative estimate of drug-likeness (QED) is 0.734. The normalized spacial score (nSPS) is 12.5. The third-order valence-corrected chi connectivity index (χ3v) is 3.28. The Bertz CT molecular complexity index is 302. The number of nitrogens with one attached hydrogen (secondary N) is 1. The van der Waals surface area contributed by atoms with Gasteiger partial charge in [-0.15, -0.1) is 0 Å². The van der Waals surface area contributed by atoms with Crippen molar-refractivity contribution in [3.63, 3.8) is 0 Å². The van der Waals surface area contributed by atoms with Crippen LogP contribution in [0.25, 0.3) is 0 Å². The Morgan fingerprint density at radius 2 is 2.06 bits per heavy atom. The second-order valence-electron chi connectivity index (χ2n) is 4.32. The van der Waals surface area contributed by atoms with Crippen LogP contribution in [0.4, 0.5) is 5.69 Å². The van der Waals surface area contributed by atoms with Crippen LogP contribution >= 0.6 is 11.6 Å². The first-order valence-electron chi connectivity index (χ1n) is 6.20. The van der Waals surface area contributed by atoms with Crippen molar-refractivity contribution in [2.75, 3.05) is 5.32 Å². The van der Waals surface area contributed by atoms with Crippen LogP contribution in [0.5, 0.6) is 0 Å². The van der Waals surface area contributed by atoms with Gasteiger partial charge >= 0.3 is 0 Å². The number of anilines is 1. The fraction of sp³-hybridized carbons (Fsp3) is 0.571. The minimum Gasteiger partial charge on any atom is -0.381 e. The maximum absolute atomic E-state index is 6.20. The highest BCUT2D eigenvalue weighted by atomic mass is 35.5. The van der Waals surface area contributed by atoms with Gasteiger partial charge in [0.15, 0.2) is 0 Å². The van der Waals surface area contributed by atoms with Crippen molar-refractivity contribution in [3.8, 4) is 0 Å². The SMILES string of the molecule is CCCCC(CC)Nc1c(C)cccc1Cl. The van der Waals surface area contributed by atoms with E-state index < -0.39 is 0 Å². The third kappa shape index (κ3) is 3.71. The number of rotatable bonds is 6. The average Bonchev–Trinajstić information content (AvgIpc) is 2.28. The molecule has 0 aliphatic heterocycles. The average molecular weight is 240 g/mol. The van der Waals surface area contributed by atoms with Crippen LogP contribution < -0.4 is 5.32 Å². The fourth-order valence-electron chi connectivity index (χ4n) is 1.85. The number of hydrogen-bond donors (Lipinski definition) is 1. The van der Waals surface area contributed by atoms with E-state index in [4.69, 9.17) is 11.6 Å². The number of para-hydroxylation sites is 1. The van der Waals surface area contributed by atoms with E-state index in [1.807, 2.05) is 12.1 Å². The highest BCUT2D eigenvalue weighted by Gasteiger charge is 2.09. The molecule has 0 aliphatic carbocycles. The molecule has 0 aliphatic rings. The summed E-state index contributed by atoms with van der Waals surface area (Å²) in [4.78, 5) is 0. The fourth-order valence-corrected chi connectivity index (χ4v) is 2.12. The Hall–Kier alpha value is -0.690. The van der Waals surface area contributed by atoms with E-state index in [0.717, 1.165) is 17.1 Å². The van der Waals surface area contributed by atoms with Crippen molar-refractivity contribution in [2.24, 2.45) is 0 Å². The second kappa shape index (κ2) is 6.80. The van der Waals surface area contributed by atoms with Gasteiger partial charge in [-0.25, -0.2) is 0 Å². The number of hydrogen-bond acceptors (Lipinski definition) is 1. The largest absolute Gasteiger partial charge is 0.381 e. The molecule has 1 aromatic rings. The van der Waals surface area contributed by atoms with E-state index in [9.17, 15) is 0 Å². The predicted octanol–water partition coefficient (Wildman–Crippen LogP) is 5.03. The van der Waals surface area contributed by atoms with Crippen molar-refractivity contribution < 1.29 is 0 Å². The summed E-state index contributed by atoms with van der Waals surface area (Å²) in [5.74, 6) is 0. The van der Waals surface area contributed by atoms with Crippen LogP contribution in [0.2, 0.25) is 5.02 Å². The van der Waals surface area contributed by atoms with E-state index in [0.29, 0.717) is 6.04 Å². The lowest BCUT2D eigenvalue weighted by molar-refractivity contribution is 0.593. The van der Waals surface area contributed by atoms with Gasteiger partial charge in [0.1, 0.15) is 0 Å². The summed E-state index contributed by atoms with van der Waals surface area (Å²) in [6, 6.07) is 6.58. The molecule has 0 amide bonds. The van der Waals surface area contributed by atoms with Gasteiger partial charge in [0.05, 0.1) is 10.7 Å². The van der Waals surface area contributed by atoms with Crippen molar-refractivity contribution in [1.29, 1.82) is 0 Å². The Morgan fingerprint density at radius 1 is 1.31 bits per heavy atom. The molecule has 1 nitrogen and oxygen atoms in total. The van der Waals surface area contributed by atoms with Gasteiger partial charge in [-0.3, -0.25) is 0 Å². The Labute approximate surface area is 104 Å². The number of halogens is 1.